The Morgan fingerprint density at radius 1 is 1.36 bits per heavy atom. The molecule has 0 aliphatic carbocycles. The fourth-order valence-corrected chi connectivity index (χ4v) is 3.14. The highest BCUT2D eigenvalue weighted by molar-refractivity contribution is 7.89. The number of nitrogens with two attached hydrogens (primary N) is 1. The molecule has 5 heteroatoms. The van der Waals surface area contributed by atoms with Gasteiger partial charge in [0.05, 0.1) is 5.75 Å². The van der Waals surface area contributed by atoms with E-state index in [0.717, 1.165) is 6.42 Å². The van der Waals surface area contributed by atoms with Gasteiger partial charge in [-0.3, -0.25) is 0 Å². The van der Waals surface area contributed by atoms with Crippen molar-refractivity contribution in [3.05, 3.63) is 0 Å². The van der Waals surface area contributed by atoms with E-state index in [-0.39, 0.29) is 11.8 Å². The fourth-order valence-electron chi connectivity index (χ4n) is 1.34. The molecule has 0 amide bonds. The van der Waals surface area contributed by atoms with Crippen molar-refractivity contribution in [2.45, 2.75) is 39.7 Å². The van der Waals surface area contributed by atoms with E-state index in [1.54, 1.807) is 4.31 Å². The molecular formula is C9H22N2O2S. The van der Waals surface area contributed by atoms with Crippen molar-refractivity contribution in [3.63, 3.8) is 0 Å². The van der Waals surface area contributed by atoms with Gasteiger partial charge in [-0.15, -0.1) is 0 Å². The first kappa shape index (κ1) is 13.9. The van der Waals surface area contributed by atoms with Crippen molar-refractivity contribution in [2.24, 2.45) is 5.73 Å². The lowest BCUT2D eigenvalue weighted by atomic mass is 10.3. The molecule has 0 atom stereocenters. The Balaban J connectivity index is 4.48. The minimum absolute atomic E-state index is 0.0260. The minimum atomic E-state index is -3.07. The molecule has 0 bridgehead atoms. The largest absolute Gasteiger partial charge is 0.330 e. The molecule has 14 heavy (non-hydrogen) atoms. The Kier molecular flexibility index (Phi) is 6.31. The van der Waals surface area contributed by atoms with Crippen LogP contribution in [0.5, 0.6) is 0 Å². The van der Waals surface area contributed by atoms with Crippen molar-refractivity contribution in [3.8, 4) is 0 Å². The summed E-state index contributed by atoms with van der Waals surface area (Å²) in [5, 5.41) is 0. The maximum Gasteiger partial charge on any atom is 0.214 e. The maximum atomic E-state index is 11.8. The van der Waals surface area contributed by atoms with Gasteiger partial charge in [-0.1, -0.05) is 6.92 Å². The maximum absolute atomic E-state index is 11.8. The summed E-state index contributed by atoms with van der Waals surface area (Å²) >= 11 is 0. The van der Waals surface area contributed by atoms with Crippen LogP contribution >= 0.6 is 0 Å². The standard InChI is InChI=1S/C9H22N2O2S/c1-4-8-14(12,13)11(9(2)3)7-5-6-10/h9H,4-8,10H2,1-3H3. The second-order valence-corrected chi connectivity index (χ2v) is 5.70. The number of hydrogen-bond acceptors (Lipinski definition) is 3. The smallest absolute Gasteiger partial charge is 0.214 e. The van der Waals surface area contributed by atoms with Crippen molar-refractivity contribution in [2.75, 3.05) is 18.8 Å². The molecule has 0 unspecified atom stereocenters. The summed E-state index contributed by atoms with van der Waals surface area (Å²) < 4.78 is 25.1. The lowest BCUT2D eigenvalue weighted by molar-refractivity contribution is 0.351. The van der Waals surface area contributed by atoms with Crippen molar-refractivity contribution >= 4 is 10.0 Å². The van der Waals surface area contributed by atoms with Crippen LogP contribution in [0.2, 0.25) is 0 Å². The Hall–Kier alpha value is -0.130. The molecule has 0 fully saturated rings. The zero-order chi connectivity index (χ0) is 11.2. The molecule has 0 saturated carbocycles. The van der Waals surface area contributed by atoms with Crippen LogP contribution in [0, 0.1) is 0 Å². The average Bonchev–Trinajstić information content (AvgIpc) is 2.03. The van der Waals surface area contributed by atoms with E-state index in [9.17, 15) is 8.42 Å². The predicted octanol–water partition coefficient (Wildman–Crippen LogP) is 0.785. The van der Waals surface area contributed by atoms with E-state index in [1.165, 1.54) is 0 Å². The summed E-state index contributed by atoms with van der Waals surface area (Å²) in [4.78, 5) is 0. The van der Waals surface area contributed by atoms with Gasteiger partial charge < -0.3 is 5.73 Å². The molecule has 0 radical (unpaired) electrons. The van der Waals surface area contributed by atoms with Gasteiger partial charge in [0.15, 0.2) is 0 Å². The van der Waals surface area contributed by atoms with E-state index in [0.29, 0.717) is 19.5 Å². The first-order valence-corrected chi connectivity index (χ1v) is 6.76. The van der Waals surface area contributed by atoms with E-state index < -0.39 is 10.0 Å². The third kappa shape index (κ3) is 4.39. The van der Waals surface area contributed by atoms with E-state index in [1.807, 2.05) is 20.8 Å². The number of rotatable bonds is 7. The van der Waals surface area contributed by atoms with Crippen LogP contribution in [0.15, 0.2) is 0 Å². The first-order valence-electron chi connectivity index (χ1n) is 5.15. The third-order valence-electron chi connectivity index (χ3n) is 1.98. The zero-order valence-corrected chi connectivity index (χ0v) is 10.2. The predicted molar refractivity (Wildman–Crippen MR) is 59.6 cm³/mol. The van der Waals surface area contributed by atoms with Crippen molar-refractivity contribution < 1.29 is 8.42 Å². The highest BCUT2D eigenvalue weighted by Crippen LogP contribution is 2.09. The molecule has 4 nitrogen and oxygen atoms in total. The molecule has 0 saturated heterocycles. The van der Waals surface area contributed by atoms with Gasteiger partial charge in [0.25, 0.3) is 0 Å². The molecule has 0 aromatic rings. The van der Waals surface area contributed by atoms with Gasteiger partial charge in [0.1, 0.15) is 0 Å². The van der Waals surface area contributed by atoms with E-state index in [2.05, 4.69) is 0 Å². The zero-order valence-electron chi connectivity index (χ0n) is 9.36. The number of sulfonamides is 1. The number of hydrogen-bond donors (Lipinski definition) is 1. The average molecular weight is 222 g/mol. The van der Waals surface area contributed by atoms with Gasteiger partial charge in [-0.2, -0.15) is 4.31 Å². The van der Waals surface area contributed by atoms with Crippen molar-refractivity contribution in [1.82, 2.24) is 4.31 Å². The Bertz CT molecular complexity index is 237. The lowest BCUT2D eigenvalue weighted by Gasteiger charge is -2.25. The first-order chi connectivity index (χ1) is 6.45. The van der Waals surface area contributed by atoms with Gasteiger partial charge >= 0.3 is 0 Å². The van der Waals surface area contributed by atoms with E-state index >= 15 is 0 Å². The topological polar surface area (TPSA) is 63.4 Å². The quantitative estimate of drug-likeness (QED) is 0.692. The van der Waals surface area contributed by atoms with Crippen LogP contribution in [0.25, 0.3) is 0 Å². The SMILES string of the molecule is CCCS(=O)(=O)N(CCCN)C(C)C. The summed E-state index contributed by atoms with van der Waals surface area (Å²) in [5.74, 6) is 0.232. The summed E-state index contributed by atoms with van der Waals surface area (Å²) in [6.07, 6.45) is 1.38. The van der Waals surface area contributed by atoms with Crippen LogP contribution in [-0.2, 0) is 10.0 Å². The summed E-state index contributed by atoms with van der Waals surface area (Å²) in [7, 11) is -3.07. The molecule has 86 valence electrons. The molecule has 0 aromatic heterocycles. The molecule has 2 N–H and O–H groups in total. The Labute approximate surface area is 87.5 Å². The van der Waals surface area contributed by atoms with E-state index in [4.69, 9.17) is 5.73 Å². The van der Waals surface area contributed by atoms with Gasteiger partial charge in [0, 0.05) is 12.6 Å². The fraction of sp³-hybridized carbons (Fsp3) is 1.00. The van der Waals surface area contributed by atoms with Crippen LogP contribution in [-0.4, -0.2) is 37.6 Å². The van der Waals surface area contributed by atoms with Crippen LogP contribution in [0.4, 0.5) is 0 Å². The Morgan fingerprint density at radius 2 is 1.93 bits per heavy atom. The third-order valence-corrected chi connectivity index (χ3v) is 4.22. The van der Waals surface area contributed by atoms with Gasteiger partial charge in [-0.25, -0.2) is 8.42 Å². The minimum Gasteiger partial charge on any atom is -0.330 e. The summed E-state index contributed by atoms with van der Waals surface area (Å²) in [6, 6.07) is 0.0260. The van der Waals surface area contributed by atoms with Gasteiger partial charge in [-0.05, 0) is 33.2 Å². The second kappa shape index (κ2) is 6.37. The lowest BCUT2D eigenvalue weighted by Crippen LogP contribution is -2.39. The molecular weight excluding hydrogens is 200 g/mol. The Morgan fingerprint density at radius 3 is 2.29 bits per heavy atom. The summed E-state index contributed by atoms with van der Waals surface area (Å²) in [6.45, 7) is 6.73. The highest BCUT2D eigenvalue weighted by atomic mass is 32.2. The molecule has 0 heterocycles. The molecule has 0 rings (SSSR count). The summed E-state index contributed by atoms with van der Waals surface area (Å²) in [5.41, 5.74) is 5.37. The van der Waals surface area contributed by atoms with Crippen LogP contribution in [0.3, 0.4) is 0 Å². The van der Waals surface area contributed by atoms with Crippen LogP contribution in [0.1, 0.15) is 33.6 Å². The highest BCUT2D eigenvalue weighted by Gasteiger charge is 2.22. The number of nitrogens with zero attached hydrogens (tertiary/aromatic N) is 1. The van der Waals surface area contributed by atoms with Crippen molar-refractivity contribution in [1.29, 1.82) is 0 Å². The molecule has 0 aliphatic rings. The molecule has 0 aliphatic heterocycles. The normalized spacial score (nSPS) is 12.7. The van der Waals surface area contributed by atoms with Gasteiger partial charge in [0.2, 0.25) is 10.0 Å². The monoisotopic (exact) mass is 222 g/mol. The molecule has 0 spiro atoms. The molecule has 0 aromatic carbocycles. The second-order valence-electron chi connectivity index (χ2n) is 3.66. The van der Waals surface area contributed by atoms with Crippen LogP contribution < -0.4 is 5.73 Å².